The van der Waals surface area contributed by atoms with Gasteiger partial charge in [0.05, 0.1) is 0 Å². The van der Waals surface area contributed by atoms with Crippen molar-refractivity contribution in [2.45, 2.75) is 30.7 Å². The third-order valence-corrected chi connectivity index (χ3v) is 3.55. The van der Waals surface area contributed by atoms with Crippen molar-refractivity contribution < 1.29 is 0 Å². The fraction of sp³-hybridized carbons (Fsp3) is 0.333. The summed E-state index contributed by atoms with van der Waals surface area (Å²) >= 11 is 3.07. The highest BCUT2D eigenvalue weighted by atomic mass is 32.2. The quantitative estimate of drug-likeness (QED) is 0.845. The Hall–Kier alpha value is -1.07. The van der Waals surface area contributed by atoms with Crippen LogP contribution in [0, 0.1) is 0 Å². The second-order valence-electron chi connectivity index (χ2n) is 4.59. The molecule has 0 fully saturated rings. The number of nitrogens with zero attached hydrogens (tertiary/aromatic N) is 2. The molecule has 1 aromatic heterocycles. The van der Waals surface area contributed by atoms with Crippen LogP contribution < -0.4 is 5.32 Å². The van der Waals surface area contributed by atoms with Gasteiger partial charge in [-0.05, 0) is 12.1 Å². The molecule has 1 aromatic carbocycles. The van der Waals surface area contributed by atoms with Crippen molar-refractivity contribution in [1.82, 2.24) is 9.36 Å². The van der Waals surface area contributed by atoms with E-state index in [1.807, 2.05) is 30.3 Å². The molecule has 3 nitrogen and oxygen atoms in total. The van der Waals surface area contributed by atoms with Crippen molar-refractivity contribution in [3.05, 3.63) is 30.3 Å². The van der Waals surface area contributed by atoms with Crippen LogP contribution >= 0.6 is 23.3 Å². The Morgan fingerprint density at radius 1 is 1.18 bits per heavy atom. The molecule has 1 N–H and O–H groups in total. The Morgan fingerprint density at radius 3 is 2.53 bits per heavy atom. The van der Waals surface area contributed by atoms with E-state index in [9.17, 15) is 0 Å². The lowest BCUT2D eigenvalue weighted by atomic mass is 10.3. The summed E-state index contributed by atoms with van der Waals surface area (Å²) in [7, 11) is 0. The number of nitrogens with one attached hydrogen (secondary N) is 1. The molecule has 2 aromatic rings. The lowest BCUT2D eigenvalue weighted by Gasteiger charge is -2.13. The lowest BCUT2D eigenvalue weighted by Crippen LogP contribution is -2.07. The summed E-state index contributed by atoms with van der Waals surface area (Å²) in [5, 5.41) is 4.91. The molecular weight excluding hydrogens is 250 g/mol. The number of aromatic nitrogens is 2. The first-order chi connectivity index (χ1) is 8.03. The zero-order valence-corrected chi connectivity index (χ0v) is 11.7. The molecule has 5 heteroatoms. The zero-order chi connectivity index (χ0) is 12.3. The average Bonchev–Trinajstić information content (AvgIpc) is 2.64. The maximum absolute atomic E-state index is 4.45. The molecular formula is C12H15N3S2. The first-order valence-electron chi connectivity index (χ1n) is 5.38. The second kappa shape index (κ2) is 5.06. The monoisotopic (exact) mass is 265 g/mol. The van der Waals surface area contributed by atoms with Gasteiger partial charge in [0.25, 0.3) is 0 Å². The minimum Gasteiger partial charge on any atom is -0.330 e. The van der Waals surface area contributed by atoms with Crippen LogP contribution in [0.25, 0.3) is 0 Å². The van der Waals surface area contributed by atoms with Gasteiger partial charge in [-0.15, -0.1) is 0 Å². The molecule has 0 bridgehead atoms. The molecule has 0 saturated carbocycles. The van der Waals surface area contributed by atoms with Crippen LogP contribution in [0.4, 0.5) is 10.8 Å². The normalized spacial score (nSPS) is 11.5. The minimum absolute atomic E-state index is 0.144. The SMILES string of the molecule is CC(C)(C)Sc1nsc(Nc2ccccc2)n1. The van der Waals surface area contributed by atoms with Crippen molar-refractivity contribution in [2.75, 3.05) is 5.32 Å². The van der Waals surface area contributed by atoms with Gasteiger partial charge in [0, 0.05) is 22.0 Å². The predicted molar refractivity (Wildman–Crippen MR) is 75.2 cm³/mol. The fourth-order valence-electron chi connectivity index (χ4n) is 1.22. The van der Waals surface area contributed by atoms with Crippen LogP contribution in [0.3, 0.4) is 0 Å². The van der Waals surface area contributed by atoms with Crippen LogP contribution in [0.1, 0.15) is 20.8 Å². The lowest BCUT2D eigenvalue weighted by molar-refractivity contribution is 0.796. The van der Waals surface area contributed by atoms with Crippen LogP contribution in [-0.2, 0) is 0 Å². The maximum atomic E-state index is 4.45. The van der Waals surface area contributed by atoms with Gasteiger partial charge in [-0.2, -0.15) is 9.36 Å². The highest BCUT2D eigenvalue weighted by molar-refractivity contribution is 8.00. The molecule has 0 aliphatic carbocycles. The molecule has 17 heavy (non-hydrogen) atoms. The number of anilines is 2. The van der Waals surface area contributed by atoms with E-state index in [-0.39, 0.29) is 4.75 Å². The molecule has 0 spiro atoms. The van der Waals surface area contributed by atoms with E-state index in [1.54, 1.807) is 11.8 Å². The smallest absolute Gasteiger partial charge is 0.207 e. The van der Waals surface area contributed by atoms with Crippen molar-refractivity contribution in [3.8, 4) is 0 Å². The third-order valence-electron chi connectivity index (χ3n) is 1.83. The Morgan fingerprint density at radius 2 is 1.88 bits per heavy atom. The van der Waals surface area contributed by atoms with Gasteiger partial charge in [-0.1, -0.05) is 50.7 Å². The molecule has 90 valence electrons. The largest absolute Gasteiger partial charge is 0.330 e. The summed E-state index contributed by atoms with van der Waals surface area (Å²) in [5.41, 5.74) is 1.04. The van der Waals surface area contributed by atoms with Crippen molar-refractivity contribution in [1.29, 1.82) is 0 Å². The Bertz CT molecular complexity index is 474. The molecule has 0 atom stereocenters. The van der Waals surface area contributed by atoms with E-state index in [4.69, 9.17) is 0 Å². The van der Waals surface area contributed by atoms with E-state index in [1.165, 1.54) is 11.5 Å². The number of rotatable bonds is 3. The van der Waals surface area contributed by atoms with Gasteiger partial charge in [-0.25, -0.2) is 0 Å². The molecule has 0 saturated heterocycles. The average molecular weight is 265 g/mol. The Balaban J connectivity index is 2.04. The number of para-hydroxylation sites is 1. The highest BCUT2D eigenvalue weighted by Crippen LogP contribution is 2.32. The fourth-order valence-corrected chi connectivity index (χ4v) is 2.72. The van der Waals surface area contributed by atoms with Gasteiger partial charge in [-0.3, -0.25) is 0 Å². The Labute approximate surface area is 110 Å². The maximum Gasteiger partial charge on any atom is 0.207 e. The number of hydrogen-bond donors (Lipinski definition) is 1. The highest BCUT2D eigenvalue weighted by Gasteiger charge is 2.15. The van der Waals surface area contributed by atoms with Crippen molar-refractivity contribution in [3.63, 3.8) is 0 Å². The first-order valence-corrected chi connectivity index (χ1v) is 6.97. The number of hydrogen-bond acceptors (Lipinski definition) is 5. The summed E-state index contributed by atoms with van der Waals surface area (Å²) in [6.07, 6.45) is 0. The molecule has 2 rings (SSSR count). The molecule has 0 aliphatic heterocycles. The van der Waals surface area contributed by atoms with Gasteiger partial charge in [0.2, 0.25) is 10.3 Å². The van der Waals surface area contributed by atoms with E-state index in [0.29, 0.717) is 0 Å². The minimum atomic E-state index is 0.144. The summed E-state index contributed by atoms with van der Waals surface area (Å²) in [6, 6.07) is 10.0. The predicted octanol–water partition coefficient (Wildman–Crippen LogP) is 4.17. The molecule has 1 heterocycles. The standard InChI is InChI=1S/C12H15N3S2/c1-12(2,3)16-11-14-10(17-15-11)13-9-7-5-4-6-8-9/h4-8H,1-3H3,(H,13,14,15). The van der Waals surface area contributed by atoms with E-state index in [2.05, 4.69) is 35.4 Å². The number of benzene rings is 1. The van der Waals surface area contributed by atoms with Gasteiger partial charge < -0.3 is 5.32 Å². The van der Waals surface area contributed by atoms with Crippen molar-refractivity contribution in [2.24, 2.45) is 0 Å². The van der Waals surface area contributed by atoms with Crippen LogP contribution in [0.15, 0.2) is 35.5 Å². The van der Waals surface area contributed by atoms with Crippen LogP contribution in [0.2, 0.25) is 0 Å². The zero-order valence-electron chi connectivity index (χ0n) is 10.1. The first kappa shape index (κ1) is 12.4. The second-order valence-corrected chi connectivity index (χ2v) is 7.13. The summed E-state index contributed by atoms with van der Waals surface area (Å²) < 4.78 is 4.47. The van der Waals surface area contributed by atoms with Gasteiger partial charge >= 0.3 is 0 Å². The number of thioether (sulfide) groups is 1. The van der Waals surface area contributed by atoms with E-state index < -0.39 is 0 Å². The molecule has 0 unspecified atom stereocenters. The summed E-state index contributed by atoms with van der Waals surface area (Å²) in [6.45, 7) is 6.47. The van der Waals surface area contributed by atoms with E-state index in [0.717, 1.165) is 16.0 Å². The van der Waals surface area contributed by atoms with Gasteiger partial charge in [0.1, 0.15) is 0 Å². The summed E-state index contributed by atoms with van der Waals surface area (Å²) in [4.78, 5) is 4.45. The molecule has 0 amide bonds. The molecule has 0 radical (unpaired) electrons. The van der Waals surface area contributed by atoms with Crippen molar-refractivity contribution >= 4 is 34.1 Å². The van der Waals surface area contributed by atoms with Gasteiger partial charge in [0.15, 0.2) is 0 Å². The summed E-state index contributed by atoms with van der Waals surface area (Å²) in [5.74, 6) is 0. The van der Waals surface area contributed by atoms with E-state index >= 15 is 0 Å². The third kappa shape index (κ3) is 4.02. The van der Waals surface area contributed by atoms with Crippen LogP contribution in [0.5, 0.6) is 0 Å². The Kier molecular flexibility index (Phi) is 3.69. The molecule has 0 aliphatic rings. The van der Waals surface area contributed by atoms with Crippen LogP contribution in [-0.4, -0.2) is 14.1 Å². The topological polar surface area (TPSA) is 37.8 Å².